The van der Waals surface area contributed by atoms with E-state index in [2.05, 4.69) is 17.1 Å². The molecule has 2 atom stereocenters. The summed E-state index contributed by atoms with van der Waals surface area (Å²) in [5.74, 6) is -0.0678. The molecule has 8 heteroatoms. The van der Waals surface area contributed by atoms with Gasteiger partial charge in [-0.15, -0.1) is 24.8 Å². The van der Waals surface area contributed by atoms with Crippen LogP contribution in [0.2, 0.25) is 0 Å². The molecule has 2 aliphatic heterocycles. The van der Waals surface area contributed by atoms with E-state index < -0.39 is 0 Å². The monoisotopic (exact) mass is 368 g/mol. The molecule has 2 amide bonds. The van der Waals surface area contributed by atoms with Gasteiger partial charge in [0.2, 0.25) is 11.8 Å². The Hall–Kier alpha value is -0.560. The Morgan fingerprint density at radius 2 is 2.13 bits per heavy atom. The first-order valence-corrected chi connectivity index (χ1v) is 8.15. The van der Waals surface area contributed by atoms with Crippen molar-refractivity contribution in [1.82, 2.24) is 15.1 Å². The van der Waals surface area contributed by atoms with Gasteiger partial charge in [0.15, 0.2) is 0 Å². The number of rotatable bonds is 7. The second-order valence-electron chi connectivity index (χ2n) is 6.06. The van der Waals surface area contributed by atoms with Crippen LogP contribution in [0.4, 0.5) is 0 Å². The highest BCUT2D eigenvalue weighted by Crippen LogP contribution is 2.23. The van der Waals surface area contributed by atoms with Crippen molar-refractivity contribution >= 4 is 36.6 Å². The molecule has 0 aromatic heterocycles. The van der Waals surface area contributed by atoms with Crippen molar-refractivity contribution in [3.05, 3.63) is 0 Å². The number of nitrogens with one attached hydrogen (secondary N) is 1. The Balaban J connectivity index is 0.00000242. The van der Waals surface area contributed by atoms with E-state index in [1.54, 1.807) is 0 Å². The lowest BCUT2D eigenvalue weighted by atomic mass is 10.1. The lowest BCUT2D eigenvalue weighted by Crippen LogP contribution is -2.41. The van der Waals surface area contributed by atoms with E-state index in [0.717, 1.165) is 32.5 Å². The van der Waals surface area contributed by atoms with Crippen molar-refractivity contribution < 1.29 is 9.59 Å². The standard InChI is InChI=1S/C15H28N4O2.2ClH/c1-2-18-8-3-5-13(18)11-19-10-12(9-14(19)20)15(21)17-7-4-6-16;;/h12-13H,2-11,16H2,1H3,(H,17,21);2*1H. The lowest BCUT2D eigenvalue weighted by molar-refractivity contribution is -0.129. The van der Waals surface area contributed by atoms with Gasteiger partial charge in [-0.1, -0.05) is 6.92 Å². The first-order chi connectivity index (χ1) is 10.2. The largest absolute Gasteiger partial charge is 0.356 e. The van der Waals surface area contributed by atoms with Crippen LogP contribution in [0.15, 0.2) is 0 Å². The summed E-state index contributed by atoms with van der Waals surface area (Å²) in [5, 5.41) is 2.87. The zero-order chi connectivity index (χ0) is 15.2. The molecule has 3 N–H and O–H groups in total. The summed E-state index contributed by atoms with van der Waals surface area (Å²) in [6.07, 6.45) is 3.51. The van der Waals surface area contributed by atoms with Gasteiger partial charge < -0.3 is 16.0 Å². The fourth-order valence-corrected chi connectivity index (χ4v) is 3.35. The average molecular weight is 369 g/mol. The first kappa shape index (κ1) is 22.4. The number of likely N-dealkylation sites (tertiary alicyclic amines) is 2. The predicted octanol–water partition coefficient (Wildman–Crippen LogP) is 0.628. The van der Waals surface area contributed by atoms with E-state index in [4.69, 9.17) is 5.73 Å². The quantitative estimate of drug-likeness (QED) is 0.646. The minimum Gasteiger partial charge on any atom is -0.356 e. The van der Waals surface area contributed by atoms with Crippen LogP contribution in [0, 0.1) is 5.92 Å². The highest BCUT2D eigenvalue weighted by Gasteiger charge is 2.36. The van der Waals surface area contributed by atoms with Gasteiger partial charge in [0.05, 0.1) is 5.92 Å². The van der Waals surface area contributed by atoms with Crippen molar-refractivity contribution in [2.75, 3.05) is 39.3 Å². The fourth-order valence-electron chi connectivity index (χ4n) is 3.35. The molecule has 0 radical (unpaired) electrons. The van der Waals surface area contributed by atoms with E-state index in [1.807, 2.05) is 4.90 Å². The second-order valence-corrected chi connectivity index (χ2v) is 6.06. The maximum absolute atomic E-state index is 12.1. The first-order valence-electron chi connectivity index (χ1n) is 8.15. The fraction of sp³-hybridized carbons (Fsp3) is 0.867. The molecule has 2 fully saturated rings. The Morgan fingerprint density at radius 1 is 1.39 bits per heavy atom. The van der Waals surface area contributed by atoms with Crippen LogP contribution < -0.4 is 11.1 Å². The summed E-state index contributed by atoms with van der Waals surface area (Å²) in [6, 6.07) is 0.470. The van der Waals surface area contributed by atoms with E-state index in [0.29, 0.717) is 32.1 Å². The summed E-state index contributed by atoms with van der Waals surface area (Å²) in [7, 11) is 0. The average Bonchev–Trinajstić information content (AvgIpc) is 3.06. The molecule has 0 saturated carbocycles. The van der Waals surface area contributed by atoms with Crippen LogP contribution in [0.3, 0.4) is 0 Å². The van der Waals surface area contributed by atoms with E-state index in [-0.39, 0.29) is 42.5 Å². The third-order valence-electron chi connectivity index (χ3n) is 4.60. The van der Waals surface area contributed by atoms with Crippen LogP contribution in [0.1, 0.15) is 32.6 Å². The summed E-state index contributed by atoms with van der Waals surface area (Å²) in [4.78, 5) is 28.5. The topological polar surface area (TPSA) is 78.7 Å². The van der Waals surface area contributed by atoms with Crippen LogP contribution in [-0.4, -0.2) is 66.9 Å². The molecular weight excluding hydrogens is 339 g/mol. The summed E-state index contributed by atoms with van der Waals surface area (Å²) >= 11 is 0. The Labute approximate surface area is 151 Å². The van der Waals surface area contributed by atoms with Gasteiger partial charge in [-0.05, 0) is 38.9 Å². The van der Waals surface area contributed by atoms with Gasteiger partial charge in [-0.2, -0.15) is 0 Å². The van der Waals surface area contributed by atoms with E-state index in [1.165, 1.54) is 6.42 Å². The van der Waals surface area contributed by atoms with Gasteiger partial charge in [0, 0.05) is 32.1 Å². The second kappa shape index (κ2) is 11.1. The molecule has 136 valence electrons. The molecule has 0 aliphatic carbocycles. The van der Waals surface area contributed by atoms with E-state index in [9.17, 15) is 9.59 Å². The number of hydrogen-bond donors (Lipinski definition) is 2. The zero-order valence-corrected chi connectivity index (χ0v) is 15.5. The molecule has 0 bridgehead atoms. The van der Waals surface area contributed by atoms with Crippen molar-refractivity contribution in [2.24, 2.45) is 11.7 Å². The molecule has 2 heterocycles. The highest BCUT2D eigenvalue weighted by molar-refractivity contribution is 5.89. The molecule has 2 saturated heterocycles. The maximum Gasteiger partial charge on any atom is 0.225 e. The predicted molar refractivity (Wildman–Crippen MR) is 96.1 cm³/mol. The van der Waals surface area contributed by atoms with Crippen LogP contribution in [0.5, 0.6) is 0 Å². The number of carbonyl (C=O) groups excluding carboxylic acids is 2. The molecule has 2 aliphatic rings. The number of carbonyl (C=O) groups is 2. The van der Waals surface area contributed by atoms with Crippen LogP contribution in [-0.2, 0) is 9.59 Å². The molecular formula is C15H30Cl2N4O2. The van der Waals surface area contributed by atoms with Gasteiger partial charge in [0.1, 0.15) is 0 Å². The van der Waals surface area contributed by atoms with Crippen LogP contribution in [0.25, 0.3) is 0 Å². The summed E-state index contributed by atoms with van der Waals surface area (Å²) in [6.45, 7) is 6.86. The third-order valence-corrected chi connectivity index (χ3v) is 4.60. The van der Waals surface area contributed by atoms with Gasteiger partial charge in [0.25, 0.3) is 0 Å². The number of hydrogen-bond acceptors (Lipinski definition) is 4. The Kier molecular flexibility index (Phi) is 10.8. The Bertz CT molecular complexity index is 384. The Morgan fingerprint density at radius 3 is 2.78 bits per heavy atom. The van der Waals surface area contributed by atoms with Crippen molar-refractivity contribution in [3.63, 3.8) is 0 Å². The number of amides is 2. The third kappa shape index (κ3) is 6.10. The molecule has 2 unspecified atom stereocenters. The van der Waals surface area contributed by atoms with Gasteiger partial charge >= 0.3 is 0 Å². The summed E-state index contributed by atoms with van der Waals surface area (Å²) in [5.41, 5.74) is 5.41. The van der Waals surface area contributed by atoms with E-state index >= 15 is 0 Å². The van der Waals surface area contributed by atoms with Crippen LogP contribution >= 0.6 is 24.8 Å². The van der Waals surface area contributed by atoms with Crippen molar-refractivity contribution in [3.8, 4) is 0 Å². The number of halogens is 2. The minimum absolute atomic E-state index is 0. The normalized spacial score (nSPS) is 24.3. The molecule has 0 aromatic carbocycles. The minimum atomic E-state index is -0.188. The summed E-state index contributed by atoms with van der Waals surface area (Å²) < 4.78 is 0. The van der Waals surface area contributed by atoms with Crippen molar-refractivity contribution in [2.45, 2.75) is 38.6 Å². The molecule has 6 nitrogen and oxygen atoms in total. The molecule has 23 heavy (non-hydrogen) atoms. The number of likely N-dealkylation sites (N-methyl/N-ethyl adjacent to an activating group) is 1. The number of nitrogens with two attached hydrogens (primary N) is 1. The molecule has 0 aromatic rings. The smallest absolute Gasteiger partial charge is 0.225 e. The maximum atomic E-state index is 12.1. The van der Waals surface area contributed by atoms with Crippen molar-refractivity contribution in [1.29, 1.82) is 0 Å². The molecule has 2 rings (SSSR count). The van der Waals surface area contributed by atoms with Gasteiger partial charge in [-0.3, -0.25) is 14.5 Å². The zero-order valence-electron chi connectivity index (χ0n) is 13.8. The number of nitrogens with zero attached hydrogens (tertiary/aromatic N) is 2. The van der Waals surface area contributed by atoms with Gasteiger partial charge in [-0.25, -0.2) is 0 Å². The highest BCUT2D eigenvalue weighted by atomic mass is 35.5. The molecule has 0 spiro atoms. The lowest BCUT2D eigenvalue weighted by Gasteiger charge is -2.27. The SMILES string of the molecule is CCN1CCCC1CN1CC(C(=O)NCCCN)CC1=O.Cl.Cl.